The number of carbonyl (C=O) groups is 2. The van der Waals surface area contributed by atoms with Crippen molar-refractivity contribution in [3.05, 3.63) is 122 Å². The number of hydrazone groups is 1. The third-order valence-corrected chi connectivity index (χ3v) is 7.16. The summed E-state index contributed by atoms with van der Waals surface area (Å²) in [7, 11) is 0. The van der Waals surface area contributed by atoms with E-state index in [-0.39, 0.29) is 22.6 Å². The molecule has 0 fully saturated rings. The quantitative estimate of drug-likeness (QED) is 0.0817. The summed E-state index contributed by atoms with van der Waals surface area (Å²) in [6, 6.07) is 20.7. The van der Waals surface area contributed by atoms with Gasteiger partial charge in [-0.3, -0.25) is 4.79 Å². The van der Waals surface area contributed by atoms with Crippen molar-refractivity contribution in [2.45, 2.75) is 6.18 Å². The maximum Gasteiger partial charge on any atom is 0.416 e. The lowest BCUT2D eigenvalue weighted by molar-refractivity contribution is -0.137. The fourth-order valence-electron chi connectivity index (χ4n) is 4.19. The molecule has 0 atom stereocenters. The van der Waals surface area contributed by atoms with Gasteiger partial charge in [0.25, 0.3) is 5.91 Å². The van der Waals surface area contributed by atoms with Crippen molar-refractivity contribution in [1.82, 2.24) is 10.4 Å². The summed E-state index contributed by atoms with van der Waals surface area (Å²) in [4.78, 5) is 29.1. The van der Waals surface area contributed by atoms with Crippen LogP contribution in [0.25, 0.3) is 22.0 Å². The number of alkyl halides is 3. The highest BCUT2D eigenvalue weighted by molar-refractivity contribution is 9.10. The van der Waals surface area contributed by atoms with E-state index in [1.165, 1.54) is 18.3 Å². The molecule has 1 aromatic heterocycles. The van der Waals surface area contributed by atoms with Crippen molar-refractivity contribution in [2.75, 3.05) is 0 Å². The number of H-pyrrole nitrogens is 1. The number of nitrogens with zero attached hydrogens (tertiary/aromatic N) is 1. The zero-order chi connectivity index (χ0) is 30.0. The molecule has 12 heteroatoms. The van der Waals surface area contributed by atoms with Gasteiger partial charge in [-0.1, -0.05) is 63.4 Å². The highest BCUT2D eigenvalue weighted by Gasteiger charge is 2.31. The van der Waals surface area contributed by atoms with E-state index in [2.05, 4.69) is 31.4 Å². The standard InChI is InChI=1S/C30H17BrCl2F3N3O3/c31-19-8-11-25(42-29(41)16-4-3-5-18(12-16)30(34,35)36)17(13-19)15-37-39-28(40)27-26(21-6-1-2-7-23(21)33)22-14-20(32)9-10-24(22)38-27/h1-15,38H,(H,39,40). The van der Waals surface area contributed by atoms with E-state index in [0.29, 0.717) is 42.6 Å². The normalized spacial score (nSPS) is 11.7. The minimum absolute atomic E-state index is 0.00983. The van der Waals surface area contributed by atoms with Crippen LogP contribution in [0.2, 0.25) is 10.0 Å². The van der Waals surface area contributed by atoms with Gasteiger partial charge in [-0.2, -0.15) is 18.3 Å². The smallest absolute Gasteiger partial charge is 0.416 e. The van der Waals surface area contributed by atoms with Gasteiger partial charge in [-0.15, -0.1) is 0 Å². The number of fused-ring (bicyclic) bond motifs is 1. The van der Waals surface area contributed by atoms with Gasteiger partial charge in [0.1, 0.15) is 11.4 Å². The molecule has 0 aliphatic rings. The SMILES string of the molecule is O=C(Oc1ccc(Br)cc1C=NNC(=O)c1[nH]c2ccc(Cl)cc2c1-c1ccccc1Cl)c1cccc(C(F)(F)F)c1. The number of benzene rings is 4. The summed E-state index contributed by atoms with van der Waals surface area (Å²) >= 11 is 16.0. The molecule has 0 saturated carbocycles. The molecule has 0 aliphatic carbocycles. The van der Waals surface area contributed by atoms with Gasteiger partial charge in [0.2, 0.25) is 0 Å². The largest absolute Gasteiger partial charge is 0.422 e. The molecule has 0 bridgehead atoms. The lowest BCUT2D eigenvalue weighted by atomic mass is 10.0. The molecule has 42 heavy (non-hydrogen) atoms. The zero-order valence-corrected chi connectivity index (χ0v) is 24.2. The van der Waals surface area contributed by atoms with Crippen LogP contribution in [0.5, 0.6) is 5.75 Å². The number of carbonyl (C=O) groups excluding carboxylic acids is 2. The second-order valence-electron chi connectivity index (χ2n) is 8.89. The first kappa shape index (κ1) is 29.4. The van der Waals surface area contributed by atoms with Crippen LogP contribution in [0.3, 0.4) is 0 Å². The van der Waals surface area contributed by atoms with E-state index in [1.54, 1.807) is 54.6 Å². The number of halogens is 6. The number of esters is 1. The summed E-state index contributed by atoms with van der Waals surface area (Å²) < 4.78 is 45.2. The molecule has 0 aliphatic heterocycles. The van der Waals surface area contributed by atoms with Crippen molar-refractivity contribution < 1.29 is 27.5 Å². The van der Waals surface area contributed by atoms with Crippen LogP contribution in [0, 0.1) is 0 Å². The fourth-order valence-corrected chi connectivity index (χ4v) is 4.97. The lowest BCUT2D eigenvalue weighted by Crippen LogP contribution is -2.19. The van der Waals surface area contributed by atoms with Gasteiger partial charge < -0.3 is 9.72 Å². The Morgan fingerprint density at radius 2 is 1.74 bits per heavy atom. The fraction of sp³-hybridized carbons (Fsp3) is 0.0333. The summed E-state index contributed by atoms with van der Waals surface area (Å²) in [5, 5.41) is 5.61. The maximum atomic E-state index is 13.3. The average Bonchev–Trinajstić information content (AvgIpc) is 3.32. The number of aromatic amines is 1. The second-order valence-corrected chi connectivity index (χ2v) is 10.7. The van der Waals surface area contributed by atoms with Crippen molar-refractivity contribution in [3.8, 4) is 16.9 Å². The summed E-state index contributed by atoms with van der Waals surface area (Å²) in [6.07, 6.45) is -3.38. The first-order valence-electron chi connectivity index (χ1n) is 12.1. The molecule has 0 unspecified atom stereocenters. The Balaban J connectivity index is 1.41. The molecular formula is C30H17BrCl2F3N3O3. The third kappa shape index (κ3) is 6.35. The molecule has 1 amide bonds. The Labute approximate surface area is 255 Å². The van der Waals surface area contributed by atoms with Crippen molar-refractivity contribution >= 4 is 68.1 Å². The van der Waals surface area contributed by atoms with Crippen LogP contribution in [0.1, 0.15) is 32.0 Å². The zero-order valence-electron chi connectivity index (χ0n) is 21.1. The van der Waals surface area contributed by atoms with Crippen LogP contribution < -0.4 is 10.2 Å². The summed E-state index contributed by atoms with van der Waals surface area (Å²) in [5.41, 5.74) is 3.43. The average molecular weight is 675 g/mol. The third-order valence-electron chi connectivity index (χ3n) is 6.10. The molecule has 0 spiro atoms. The molecule has 1 heterocycles. The molecule has 4 aromatic carbocycles. The number of ether oxygens (including phenoxy) is 1. The Kier molecular flexibility index (Phi) is 8.40. The van der Waals surface area contributed by atoms with E-state index in [1.807, 2.05) is 0 Å². The van der Waals surface area contributed by atoms with E-state index in [0.717, 1.165) is 12.1 Å². The predicted molar refractivity (Wildman–Crippen MR) is 159 cm³/mol. The molecule has 0 radical (unpaired) electrons. The van der Waals surface area contributed by atoms with Gasteiger partial charge in [0.15, 0.2) is 0 Å². The molecule has 5 rings (SSSR count). The topological polar surface area (TPSA) is 83.5 Å². The van der Waals surface area contributed by atoms with Gasteiger partial charge in [-0.25, -0.2) is 10.2 Å². The Morgan fingerprint density at radius 1 is 0.952 bits per heavy atom. The number of hydrogen-bond acceptors (Lipinski definition) is 4. The number of hydrogen-bond donors (Lipinski definition) is 2. The minimum atomic E-state index is -4.62. The minimum Gasteiger partial charge on any atom is -0.422 e. The van der Waals surface area contributed by atoms with E-state index >= 15 is 0 Å². The monoisotopic (exact) mass is 673 g/mol. The van der Waals surface area contributed by atoms with Crippen LogP contribution in [0.15, 0.2) is 94.5 Å². The van der Waals surface area contributed by atoms with Crippen LogP contribution >= 0.6 is 39.1 Å². The van der Waals surface area contributed by atoms with E-state index in [9.17, 15) is 22.8 Å². The van der Waals surface area contributed by atoms with Gasteiger partial charge >= 0.3 is 12.1 Å². The van der Waals surface area contributed by atoms with Crippen molar-refractivity contribution in [2.24, 2.45) is 5.10 Å². The maximum absolute atomic E-state index is 13.3. The number of aromatic nitrogens is 1. The molecule has 6 nitrogen and oxygen atoms in total. The van der Waals surface area contributed by atoms with Crippen LogP contribution in [0.4, 0.5) is 13.2 Å². The highest BCUT2D eigenvalue weighted by Crippen LogP contribution is 2.37. The van der Waals surface area contributed by atoms with Crippen molar-refractivity contribution in [3.63, 3.8) is 0 Å². The van der Waals surface area contributed by atoms with E-state index < -0.39 is 23.6 Å². The van der Waals surface area contributed by atoms with Gasteiger partial charge in [0.05, 0.1) is 17.3 Å². The summed E-state index contributed by atoms with van der Waals surface area (Å²) in [6.45, 7) is 0. The number of amides is 1. The van der Waals surface area contributed by atoms with Gasteiger partial charge in [0, 0.05) is 42.1 Å². The highest BCUT2D eigenvalue weighted by atomic mass is 79.9. The predicted octanol–water partition coefficient (Wildman–Crippen LogP) is 8.91. The van der Waals surface area contributed by atoms with Gasteiger partial charge in [-0.05, 0) is 60.7 Å². The molecule has 212 valence electrons. The van der Waals surface area contributed by atoms with Crippen LogP contribution in [-0.2, 0) is 6.18 Å². The Morgan fingerprint density at radius 3 is 2.50 bits per heavy atom. The number of rotatable bonds is 6. The molecule has 5 aromatic rings. The first-order chi connectivity index (χ1) is 20.0. The Hall–Kier alpha value is -4.12. The van der Waals surface area contributed by atoms with Crippen LogP contribution in [-0.4, -0.2) is 23.1 Å². The number of nitrogens with one attached hydrogen (secondary N) is 2. The second kappa shape index (κ2) is 12.0. The first-order valence-corrected chi connectivity index (χ1v) is 13.6. The summed E-state index contributed by atoms with van der Waals surface area (Å²) in [5.74, 6) is -1.58. The lowest BCUT2D eigenvalue weighted by Gasteiger charge is -2.10. The Bertz CT molecular complexity index is 1870. The molecule has 0 saturated heterocycles. The molecular weight excluding hydrogens is 658 g/mol. The molecule has 2 N–H and O–H groups in total. The van der Waals surface area contributed by atoms with E-state index in [4.69, 9.17) is 27.9 Å². The van der Waals surface area contributed by atoms with Crippen molar-refractivity contribution in [1.29, 1.82) is 0 Å².